The van der Waals surface area contributed by atoms with Crippen LogP contribution in [0.3, 0.4) is 0 Å². The number of alkyl halides is 4. The minimum absolute atomic E-state index is 0.0410. The van der Waals surface area contributed by atoms with Crippen LogP contribution < -0.4 is 5.73 Å². The predicted molar refractivity (Wildman–Crippen MR) is 63.4 cm³/mol. The maximum atomic E-state index is 13.1. The molecule has 2 rings (SSSR count). The Kier molecular flexibility index (Phi) is 3.60. The molecule has 108 valence electrons. The Labute approximate surface area is 111 Å². The summed E-state index contributed by atoms with van der Waals surface area (Å²) in [5.41, 5.74) is 7.20. The van der Waals surface area contributed by atoms with Crippen LogP contribution in [0.1, 0.15) is 5.56 Å². The molecule has 9 heteroatoms. The molecular weight excluding hydrogens is 278 g/mol. The average Bonchev–Trinajstić information content (AvgIpc) is 2.74. The number of halogens is 4. The highest BCUT2D eigenvalue weighted by Gasteiger charge is 2.42. The summed E-state index contributed by atoms with van der Waals surface area (Å²) < 4.78 is 51.2. The summed E-state index contributed by atoms with van der Waals surface area (Å²) in [6.45, 7) is 0.447. The molecule has 1 aromatic carbocycles. The van der Waals surface area contributed by atoms with E-state index in [1.165, 1.54) is 6.07 Å². The van der Waals surface area contributed by atoms with Gasteiger partial charge in [-0.1, -0.05) is 0 Å². The van der Waals surface area contributed by atoms with Crippen LogP contribution in [0.15, 0.2) is 18.2 Å². The summed E-state index contributed by atoms with van der Waals surface area (Å²) in [7, 11) is 0. The van der Waals surface area contributed by atoms with Crippen LogP contribution in [-0.4, -0.2) is 32.6 Å². The number of anilines is 1. The van der Waals surface area contributed by atoms with Gasteiger partial charge in [-0.15, -0.1) is 5.10 Å². The largest absolute Gasteiger partial charge is 0.399 e. The summed E-state index contributed by atoms with van der Waals surface area (Å²) in [6.07, 6.45) is -3.79. The minimum Gasteiger partial charge on any atom is -0.399 e. The maximum absolute atomic E-state index is 13.1. The van der Waals surface area contributed by atoms with Crippen molar-refractivity contribution in [2.75, 3.05) is 5.73 Å². The second-order valence-electron chi connectivity index (χ2n) is 4.35. The van der Waals surface area contributed by atoms with E-state index in [2.05, 4.69) is 15.5 Å². The molecule has 0 radical (unpaired) electrons. The van der Waals surface area contributed by atoms with Crippen LogP contribution in [0.2, 0.25) is 0 Å². The predicted octanol–water partition coefficient (Wildman–Crippen LogP) is 2.13. The molecule has 2 N–H and O–H groups in total. The van der Waals surface area contributed by atoms with Gasteiger partial charge in [-0.05, 0) is 41.1 Å². The minimum atomic E-state index is -4.21. The summed E-state index contributed by atoms with van der Waals surface area (Å²) in [5, 5.41) is 10.1. The first-order valence-electron chi connectivity index (χ1n) is 5.59. The van der Waals surface area contributed by atoms with Gasteiger partial charge in [0.2, 0.25) is 0 Å². The van der Waals surface area contributed by atoms with Crippen molar-refractivity contribution < 1.29 is 17.6 Å². The molecule has 20 heavy (non-hydrogen) atoms. The number of tetrazole rings is 1. The number of aromatic nitrogens is 4. The number of hydrogen-bond donors (Lipinski definition) is 1. The first-order chi connectivity index (χ1) is 9.29. The van der Waals surface area contributed by atoms with Gasteiger partial charge in [0.25, 0.3) is 0 Å². The van der Waals surface area contributed by atoms with Gasteiger partial charge in [-0.3, -0.25) is 0 Å². The quantitative estimate of drug-likeness (QED) is 0.691. The van der Waals surface area contributed by atoms with E-state index in [0.717, 1.165) is 5.56 Å². The van der Waals surface area contributed by atoms with Crippen molar-refractivity contribution in [1.82, 2.24) is 20.2 Å². The third kappa shape index (κ3) is 2.86. The van der Waals surface area contributed by atoms with E-state index in [4.69, 9.17) is 5.73 Å². The van der Waals surface area contributed by atoms with Gasteiger partial charge >= 0.3 is 12.3 Å². The Hall–Kier alpha value is -2.19. The number of nitrogens with zero attached hydrogens (tertiary/aromatic N) is 4. The number of nitrogens with two attached hydrogens (primary N) is 1. The molecule has 5 nitrogen and oxygen atoms in total. The van der Waals surface area contributed by atoms with E-state index in [0.29, 0.717) is 15.9 Å². The van der Waals surface area contributed by atoms with Gasteiger partial charge in [0, 0.05) is 11.3 Å². The van der Waals surface area contributed by atoms with Crippen LogP contribution in [0.4, 0.5) is 23.2 Å². The number of benzene rings is 1. The molecule has 0 aliphatic rings. The van der Waals surface area contributed by atoms with E-state index < -0.39 is 18.9 Å². The van der Waals surface area contributed by atoms with Gasteiger partial charge in [0.1, 0.15) is 6.54 Å². The summed E-state index contributed by atoms with van der Waals surface area (Å²) in [5.74, 6) is -4.25. The zero-order valence-corrected chi connectivity index (χ0v) is 10.4. The van der Waals surface area contributed by atoms with Crippen LogP contribution in [-0.2, 0) is 6.54 Å². The van der Waals surface area contributed by atoms with Crippen molar-refractivity contribution in [3.63, 3.8) is 0 Å². The lowest BCUT2D eigenvalue weighted by Crippen LogP contribution is -2.32. The summed E-state index contributed by atoms with van der Waals surface area (Å²) >= 11 is 0. The normalized spacial score (nSPS) is 12.1. The molecule has 0 aliphatic carbocycles. The van der Waals surface area contributed by atoms with Gasteiger partial charge < -0.3 is 5.73 Å². The molecule has 0 saturated heterocycles. The molecule has 0 spiro atoms. The first-order valence-corrected chi connectivity index (χ1v) is 5.59. The monoisotopic (exact) mass is 289 g/mol. The smallest absolute Gasteiger partial charge is 0.326 e. The van der Waals surface area contributed by atoms with E-state index in [9.17, 15) is 17.6 Å². The lowest BCUT2D eigenvalue weighted by atomic mass is 10.1. The fraction of sp³-hybridized carbons (Fsp3) is 0.364. The lowest BCUT2D eigenvalue weighted by Gasteiger charge is -2.15. The Bertz CT molecular complexity index is 590. The third-order valence-corrected chi connectivity index (χ3v) is 2.57. The van der Waals surface area contributed by atoms with E-state index >= 15 is 0 Å². The van der Waals surface area contributed by atoms with Crippen molar-refractivity contribution in [2.45, 2.75) is 25.8 Å². The number of nitrogen functional groups attached to an aromatic ring is 1. The third-order valence-electron chi connectivity index (χ3n) is 2.57. The van der Waals surface area contributed by atoms with Gasteiger partial charge in [-0.25, -0.2) is 13.5 Å². The molecule has 0 atom stereocenters. The van der Waals surface area contributed by atoms with Gasteiger partial charge in [-0.2, -0.15) is 8.78 Å². The second-order valence-corrected chi connectivity index (χ2v) is 4.35. The van der Waals surface area contributed by atoms with E-state index in [1.807, 2.05) is 0 Å². The van der Waals surface area contributed by atoms with E-state index in [1.54, 1.807) is 19.1 Å². The standard InChI is InChI=1S/C11H11F4N5/c1-6-2-7(4-8(16)3-6)9-17-18-19-20(9)5-11(14,15)10(12)13/h2-4,10H,5,16H2,1H3. The van der Waals surface area contributed by atoms with Crippen molar-refractivity contribution in [2.24, 2.45) is 0 Å². The SMILES string of the molecule is Cc1cc(N)cc(-c2nnnn2CC(F)(F)C(F)F)c1. The fourth-order valence-electron chi connectivity index (χ4n) is 1.73. The maximum Gasteiger partial charge on any atom is 0.326 e. The highest BCUT2D eigenvalue weighted by atomic mass is 19.3. The zero-order valence-electron chi connectivity index (χ0n) is 10.4. The van der Waals surface area contributed by atoms with Crippen molar-refractivity contribution in [1.29, 1.82) is 0 Å². The highest BCUT2D eigenvalue weighted by Crippen LogP contribution is 2.27. The van der Waals surface area contributed by atoms with Crippen LogP contribution in [0.5, 0.6) is 0 Å². The topological polar surface area (TPSA) is 69.6 Å². The molecular formula is C11H11F4N5. The Morgan fingerprint density at radius 2 is 2.00 bits per heavy atom. The summed E-state index contributed by atoms with van der Waals surface area (Å²) in [4.78, 5) is 0. The Morgan fingerprint density at radius 3 is 2.60 bits per heavy atom. The van der Waals surface area contributed by atoms with Crippen LogP contribution >= 0.6 is 0 Å². The second kappa shape index (κ2) is 5.06. The fourth-order valence-corrected chi connectivity index (χ4v) is 1.73. The zero-order chi connectivity index (χ0) is 14.9. The molecule has 1 heterocycles. The van der Waals surface area contributed by atoms with Gasteiger partial charge in [0.15, 0.2) is 5.82 Å². The lowest BCUT2D eigenvalue weighted by molar-refractivity contribution is -0.139. The van der Waals surface area contributed by atoms with Crippen molar-refractivity contribution in [3.05, 3.63) is 23.8 Å². The summed E-state index contributed by atoms with van der Waals surface area (Å²) in [6, 6.07) is 4.78. The number of aryl methyl sites for hydroxylation is 1. The highest BCUT2D eigenvalue weighted by molar-refractivity contribution is 5.62. The number of rotatable bonds is 4. The molecule has 0 aliphatic heterocycles. The van der Waals surface area contributed by atoms with Crippen LogP contribution in [0, 0.1) is 6.92 Å². The molecule has 0 bridgehead atoms. The Balaban J connectivity index is 2.38. The van der Waals surface area contributed by atoms with Crippen molar-refractivity contribution >= 4 is 5.69 Å². The van der Waals surface area contributed by atoms with Crippen molar-refractivity contribution in [3.8, 4) is 11.4 Å². The molecule has 0 fully saturated rings. The number of hydrogen-bond acceptors (Lipinski definition) is 4. The van der Waals surface area contributed by atoms with Crippen LogP contribution in [0.25, 0.3) is 11.4 Å². The Morgan fingerprint density at radius 1 is 1.30 bits per heavy atom. The molecule has 0 unspecified atom stereocenters. The average molecular weight is 289 g/mol. The molecule has 0 saturated carbocycles. The molecule has 1 aromatic heterocycles. The van der Waals surface area contributed by atoms with E-state index in [-0.39, 0.29) is 5.82 Å². The molecule has 2 aromatic rings. The van der Waals surface area contributed by atoms with Gasteiger partial charge in [0.05, 0.1) is 0 Å². The molecule has 0 amide bonds. The first kappa shape index (κ1) is 14.2.